The Morgan fingerprint density at radius 1 is 1.11 bits per heavy atom. The monoisotopic (exact) mass is 277 g/mol. The van der Waals surface area contributed by atoms with Crippen LogP contribution in [0.2, 0.25) is 5.02 Å². The molecule has 18 heavy (non-hydrogen) atoms. The topological polar surface area (TPSA) is 26.0 Å². The van der Waals surface area contributed by atoms with Gasteiger partial charge in [-0.1, -0.05) is 47.6 Å². The molecule has 0 amide bonds. The van der Waals surface area contributed by atoms with Gasteiger partial charge in [0.05, 0.1) is 0 Å². The summed E-state index contributed by atoms with van der Waals surface area (Å²) in [6.07, 6.45) is 0.880. The van der Waals surface area contributed by atoms with E-state index in [2.05, 4.69) is 37.3 Å². The normalized spacial score (nSPS) is 10.6. The summed E-state index contributed by atoms with van der Waals surface area (Å²) in [7, 11) is 0. The first kappa shape index (κ1) is 13.5. The number of halogens is 1. The minimum atomic E-state index is 0.656. The third-order valence-electron chi connectivity index (χ3n) is 2.76. The average molecular weight is 278 g/mol. The highest BCUT2D eigenvalue weighted by Crippen LogP contribution is 2.34. The van der Waals surface area contributed by atoms with E-state index in [0.717, 1.165) is 11.4 Å². The Bertz CT molecular complexity index is 540. The highest BCUT2D eigenvalue weighted by Gasteiger charge is 2.06. The minimum Gasteiger partial charge on any atom is -0.330 e. The number of rotatable bonds is 4. The van der Waals surface area contributed by atoms with Gasteiger partial charge in [-0.3, -0.25) is 0 Å². The van der Waals surface area contributed by atoms with Gasteiger partial charge in [-0.05, 0) is 49.2 Å². The molecule has 0 heterocycles. The molecule has 0 aromatic heterocycles. The highest BCUT2D eigenvalue weighted by atomic mass is 35.5. The number of aryl methyl sites for hydroxylation is 1. The summed E-state index contributed by atoms with van der Waals surface area (Å²) in [4.78, 5) is 2.46. The lowest BCUT2D eigenvalue weighted by atomic mass is 10.1. The molecule has 0 unspecified atom stereocenters. The zero-order chi connectivity index (χ0) is 13.0. The maximum Gasteiger partial charge on any atom is 0.0417 e. The third-order valence-corrected chi connectivity index (χ3v) is 4.27. The van der Waals surface area contributed by atoms with Crippen molar-refractivity contribution in [3.05, 3.63) is 58.6 Å². The smallest absolute Gasteiger partial charge is 0.0417 e. The van der Waals surface area contributed by atoms with E-state index in [4.69, 9.17) is 17.3 Å². The molecule has 2 rings (SSSR count). The molecule has 0 aliphatic rings. The summed E-state index contributed by atoms with van der Waals surface area (Å²) >= 11 is 7.83. The van der Waals surface area contributed by atoms with Gasteiger partial charge in [-0.2, -0.15) is 0 Å². The summed E-state index contributed by atoms with van der Waals surface area (Å²) in [5.74, 6) is 0. The van der Waals surface area contributed by atoms with Gasteiger partial charge in [0.15, 0.2) is 0 Å². The second kappa shape index (κ2) is 6.28. The molecular formula is C15H16ClNS. The summed E-state index contributed by atoms with van der Waals surface area (Å²) in [5.41, 5.74) is 8.19. The molecular weight excluding hydrogens is 262 g/mol. The van der Waals surface area contributed by atoms with Crippen LogP contribution in [0.25, 0.3) is 0 Å². The Hall–Kier alpha value is -0.960. The molecule has 0 aliphatic heterocycles. The van der Waals surface area contributed by atoms with E-state index in [1.54, 1.807) is 11.8 Å². The van der Waals surface area contributed by atoms with Gasteiger partial charge in [-0.25, -0.2) is 0 Å². The Morgan fingerprint density at radius 3 is 2.61 bits per heavy atom. The van der Waals surface area contributed by atoms with Crippen LogP contribution in [-0.2, 0) is 6.42 Å². The van der Waals surface area contributed by atoms with Crippen molar-refractivity contribution in [2.75, 3.05) is 6.54 Å². The average Bonchev–Trinajstić information content (AvgIpc) is 2.36. The van der Waals surface area contributed by atoms with Gasteiger partial charge in [0, 0.05) is 14.8 Å². The van der Waals surface area contributed by atoms with Crippen LogP contribution >= 0.6 is 23.4 Å². The summed E-state index contributed by atoms with van der Waals surface area (Å²) in [6.45, 7) is 2.78. The van der Waals surface area contributed by atoms with Crippen LogP contribution < -0.4 is 5.73 Å². The second-order valence-corrected chi connectivity index (χ2v) is 5.68. The Morgan fingerprint density at radius 2 is 1.89 bits per heavy atom. The molecule has 3 heteroatoms. The lowest BCUT2D eigenvalue weighted by molar-refractivity contribution is 0.944. The fraction of sp³-hybridized carbons (Fsp3) is 0.200. The zero-order valence-electron chi connectivity index (χ0n) is 10.3. The highest BCUT2D eigenvalue weighted by molar-refractivity contribution is 7.99. The first-order valence-corrected chi connectivity index (χ1v) is 7.12. The zero-order valence-corrected chi connectivity index (χ0v) is 11.9. The molecule has 0 fully saturated rings. The van der Waals surface area contributed by atoms with Crippen molar-refractivity contribution in [1.29, 1.82) is 0 Å². The number of hydrogen-bond donors (Lipinski definition) is 1. The van der Waals surface area contributed by atoms with Crippen molar-refractivity contribution in [1.82, 2.24) is 0 Å². The first-order valence-electron chi connectivity index (χ1n) is 5.92. The van der Waals surface area contributed by atoms with Gasteiger partial charge >= 0.3 is 0 Å². The van der Waals surface area contributed by atoms with E-state index in [0.29, 0.717) is 6.54 Å². The Labute approximate surface area is 117 Å². The fourth-order valence-electron chi connectivity index (χ4n) is 1.77. The van der Waals surface area contributed by atoms with Crippen molar-refractivity contribution in [3.8, 4) is 0 Å². The number of benzene rings is 2. The summed E-state index contributed by atoms with van der Waals surface area (Å²) < 4.78 is 0. The van der Waals surface area contributed by atoms with E-state index >= 15 is 0 Å². The van der Waals surface area contributed by atoms with E-state index in [1.165, 1.54) is 20.9 Å². The summed E-state index contributed by atoms with van der Waals surface area (Å²) in [6, 6.07) is 14.4. The quantitative estimate of drug-likeness (QED) is 0.902. The van der Waals surface area contributed by atoms with Crippen molar-refractivity contribution in [2.24, 2.45) is 5.73 Å². The van der Waals surface area contributed by atoms with E-state index in [-0.39, 0.29) is 0 Å². The van der Waals surface area contributed by atoms with Gasteiger partial charge in [0.25, 0.3) is 0 Å². The van der Waals surface area contributed by atoms with Gasteiger partial charge in [-0.15, -0.1) is 0 Å². The van der Waals surface area contributed by atoms with Crippen LogP contribution in [0.4, 0.5) is 0 Å². The molecule has 2 aromatic rings. The van der Waals surface area contributed by atoms with E-state index in [1.807, 2.05) is 12.1 Å². The molecule has 2 N–H and O–H groups in total. The molecule has 2 aromatic carbocycles. The molecule has 0 aliphatic carbocycles. The maximum absolute atomic E-state index is 6.08. The number of hydrogen-bond acceptors (Lipinski definition) is 2. The minimum absolute atomic E-state index is 0.656. The van der Waals surface area contributed by atoms with Crippen LogP contribution in [0.1, 0.15) is 11.1 Å². The van der Waals surface area contributed by atoms with Crippen molar-refractivity contribution in [3.63, 3.8) is 0 Å². The number of nitrogens with two attached hydrogens (primary N) is 1. The van der Waals surface area contributed by atoms with Crippen LogP contribution in [0.3, 0.4) is 0 Å². The van der Waals surface area contributed by atoms with Crippen LogP contribution in [0, 0.1) is 6.92 Å². The third kappa shape index (κ3) is 3.29. The molecule has 94 valence electrons. The van der Waals surface area contributed by atoms with Crippen molar-refractivity contribution in [2.45, 2.75) is 23.1 Å². The Balaban J connectivity index is 2.33. The maximum atomic E-state index is 6.08. The van der Waals surface area contributed by atoms with Crippen molar-refractivity contribution < 1.29 is 0 Å². The predicted molar refractivity (Wildman–Crippen MR) is 79.5 cm³/mol. The Kier molecular flexibility index (Phi) is 4.70. The van der Waals surface area contributed by atoms with Crippen molar-refractivity contribution >= 4 is 23.4 Å². The van der Waals surface area contributed by atoms with Gasteiger partial charge < -0.3 is 5.73 Å². The van der Waals surface area contributed by atoms with Crippen LogP contribution in [-0.4, -0.2) is 6.54 Å². The second-order valence-electron chi connectivity index (χ2n) is 4.16. The first-order chi connectivity index (χ1) is 8.70. The molecule has 0 saturated heterocycles. The molecule has 0 atom stereocenters. The van der Waals surface area contributed by atoms with Gasteiger partial charge in [0.1, 0.15) is 0 Å². The SMILES string of the molecule is Cc1ccccc1Sc1cc(Cl)ccc1CCN. The largest absolute Gasteiger partial charge is 0.330 e. The molecule has 1 nitrogen and oxygen atoms in total. The summed E-state index contributed by atoms with van der Waals surface area (Å²) in [5, 5.41) is 0.770. The lowest BCUT2D eigenvalue weighted by Crippen LogP contribution is -2.03. The molecule has 0 bridgehead atoms. The molecule has 0 spiro atoms. The van der Waals surface area contributed by atoms with Gasteiger partial charge in [0.2, 0.25) is 0 Å². The molecule has 0 saturated carbocycles. The van der Waals surface area contributed by atoms with Crippen LogP contribution in [0.5, 0.6) is 0 Å². The van der Waals surface area contributed by atoms with E-state index < -0.39 is 0 Å². The standard InChI is InChI=1S/C15H16ClNS/c1-11-4-2-3-5-14(11)18-15-10-13(16)7-6-12(15)8-9-17/h2-7,10H,8-9,17H2,1H3. The van der Waals surface area contributed by atoms with E-state index in [9.17, 15) is 0 Å². The fourth-order valence-corrected chi connectivity index (χ4v) is 3.11. The lowest BCUT2D eigenvalue weighted by Gasteiger charge is -2.10. The predicted octanol–water partition coefficient (Wildman–Crippen LogP) is 4.30. The van der Waals surface area contributed by atoms with Crippen LogP contribution in [0.15, 0.2) is 52.3 Å². The molecule has 0 radical (unpaired) electrons.